The van der Waals surface area contributed by atoms with Gasteiger partial charge >= 0.3 is 0 Å². The van der Waals surface area contributed by atoms with Gasteiger partial charge in [0, 0.05) is 18.8 Å². The summed E-state index contributed by atoms with van der Waals surface area (Å²) in [5, 5.41) is 6.07. The van der Waals surface area contributed by atoms with Gasteiger partial charge in [0.15, 0.2) is 0 Å². The van der Waals surface area contributed by atoms with Crippen molar-refractivity contribution in [1.29, 1.82) is 0 Å². The largest absolute Gasteiger partial charge is 0.342 e. The Labute approximate surface area is 161 Å². The second kappa shape index (κ2) is 10.6. The van der Waals surface area contributed by atoms with Crippen LogP contribution in [0.2, 0.25) is 0 Å². The summed E-state index contributed by atoms with van der Waals surface area (Å²) >= 11 is 1.41. The van der Waals surface area contributed by atoms with Gasteiger partial charge in [-0.15, -0.1) is 11.8 Å². The van der Waals surface area contributed by atoms with E-state index in [0.717, 1.165) is 50.3 Å². The predicted molar refractivity (Wildman–Crippen MR) is 110 cm³/mol. The second-order valence-corrected chi connectivity index (χ2v) is 8.27. The summed E-state index contributed by atoms with van der Waals surface area (Å²) in [6, 6.07) is 7.72. The quantitative estimate of drug-likeness (QED) is 0.731. The van der Waals surface area contributed by atoms with E-state index in [-0.39, 0.29) is 22.8 Å². The Balaban J connectivity index is 1.70. The molecular weight excluding hydrogens is 346 g/mol. The number of hydrogen-bond acceptors (Lipinski definition) is 4. The molecule has 0 bridgehead atoms. The van der Waals surface area contributed by atoms with Gasteiger partial charge in [-0.1, -0.05) is 24.6 Å². The van der Waals surface area contributed by atoms with Crippen LogP contribution in [0, 0.1) is 12.8 Å². The van der Waals surface area contributed by atoms with Crippen molar-refractivity contribution in [1.82, 2.24) is 10.2 Å². The molecule has 2 N–H and O–H groups in total. The lowest BCUT2D eigenvalue weighted by atomic mass is 9.96. The number of piperidine rings is 1. The van der Waals surface area contributed by atoms with Crippen LogP contribution >= 0.6 is 11.8 Å². The summed E-state index contributed by atoms with van der Waals surface area (Å²) in [7, 11) is 0. The van der Waals surface area contributed by atoms with E-state index < -0.39 is 0 Å². The highest BCUT2D eigenvalue weighted by Crippen LogP contribution is 2.21. The molecule has 1 fully saturated rings. The van der Waals surface area contributed by atoms with Crippen LogP contribution in [-0.4, -0.2) is 53.9 Å². The van der Waals surface area contributed by atoms with E-state index in [1.807, 2.05) is 43.0 Å². The third-order valence-corrected chi connectivity index (χ3v) is 5.89. The molecule has 0 aliphatic carbocycles. The van der Waals surface area contributed by atoms with Gasteiger partial charge in [-0.05, 0) is 57.8 Å². The molecule has 5 nitrogen and oxygen atoms in total. The first kappa shape index (κ1) is 20.8. The van der Waals surface area contributed by atoms with Crippen molar-refractivity contribution in [3.8, 4) is 0 Å². The summed E-state index contributed by atoms with van der Waals surface area (Å²) in [5.41, 5.74) is 1.95. The Morgan fingerprint density at radius 3 is 2.50 bits per heavy atom. The van der Waals surface area contributed by atoms with E-state index in [4.69, 9.17) is 0 Å². The van der Waals surface area contributed by atoms with Gasteiger partial charge in [-0.25, -0.2) is 0 Å². The molecule has 0 aromatic heterocycles. The van der Waals surface area contributed by atoms with E-state index in [0.29, 0.717) is 5.92 Å². The van der Waals surface area contributed by atoms with E-state index in [1.165, 1.54) is 11.8 Å². The molecule has 0 spiro atoms. The third kappa shape index (κ3) is 6.65. The number of aryl methyl sites for hydroxylation is 1. The van der Waals surface area contributed by atoms with Gasteiger partial charge in [-0.3, -0.25) is 9.59 Å². The average Bonchev–Trinajstić information content (AvgIpc) is 2.66. The number of nitrogens with zero attached hydrogens (tertiary/aromatic N) is 1. The fourth-order valence-corrected chi connectivity index (χ4v) is 3.83. The van der Waals surface area contributed by atoms with Crippen molar-refractivity contribution in [3.05, 3.63) is 29.8 Å². The minimum atomic E-state index is -0.191. The maximum Gasteiger partial charge on any atom is 0.235 e. The molecule has 1 heterocycles. The minimum Gasteiger partial charge on any atom is -0.342 e. The maximum atomic E-state index is 12.6. The van der Waals surface area contributed by atoms with Gasteiger partial charge in [0.05, 0.1) is 11.0 Å². The van der Waals surface area contributed by atoms with Crippen molar-refractivity contribution < 1.29 is 9.59 Å². The Morgan fingerprint density at radius 2 is 1.88 bits per heavy atom. The molecule has 0 saturated carbocycles. The van der Waals surface area contributed by atoms with Crippen molar-refractivity contribution in [3.63, 3.8) is 0 Å². The smallest absolute Gasteiger partial charge is 0.235 e. The first-order valence-electron chi connectivity index (χ1n) is 9.47. The zero-order valence-electron chi connectivity index (χ0n) is 16.1. The van der Waals surface area contributed by atoms with E-state index >= 15 is 0 Å². The number of anilines is 1. The average molecular weight is 378 g/mol. The maximum absolute atomic E-state index is 12.6. The normalized spacial score (nSPS) is 16.3. The fourth-order valence-electron chi connectivity index (χ4n) is 3.07. The molecule has 0 radical (unpaired) electrons. The SMILES string of the molecule is CCNCC1CCN(C(=O)C(C)SCC(=O)Nc2ccc(C)cc2)CC1. The van der Waals surface area contributed by atoms with Crippen LogP contribution in [0.1, 0.15) is 32.3 Å². The van der Waals surface area contributed by atoms with E-state index in [2.05, 4.69) is 17.6 Å². The second-order valence-electron chi connectivity index (χ2n) is 6.94. The highest BCUT2D eigenvalue weighted by atomic mass is 32.2. The van der Waals surface area contributed by atoms with Crippen LogP contribution in [0.15, 0.2) is 24.3 Å². The number of nitrogens with one attached hydrogen (secondary N) is 2. The Hall–Kier alpha value is -1.53. The molecular formula is C20H31N3O2S. The summed E-state index contributed by atoms with van der Waals surface area (Å²) < 4.78 is 0. The number of hydrogen-bond donors (Lipinski definition) is 2. The van der Waals surface area contributed by atoms with Crippen LogP contribution in [0.25, 0.3) is 0 Å². The summed E-state index contributed by atoms with van der Waals surface area (Å²) in [6.07, 6.45) is 2.12. The van der Waals surface area contributed by atoms with Gasteiger partial charge in [-0.2, -0.15) is 0 Å². The molecule has 1 aliphatic heterocycles. The summed E-state index contributed by atoms with van der Waals surface area (Å²) in [5.74, 6) is 1.04. The first-order valence-corrected chi connectivity index (χ1v) is 10.5. The molecule has 2 rings (SSSR count). The van der Waals surface area contributed by atoms with Crippen molar-refractivity contribution in [2.75, 3.05) is 37.2 Å². The summed E-state index contributed by atoms with van der Waals surface area (Å²) in [6.45, 7) is 9.73. The van der Waals surface area contributed by atoms with Gasteiger partial charge in [0.25, 0.3) is 0 Å². The minimum absolute atomic E-state index is 0.0668. The monoisotopic (exact) mass is 377 g/mol. The summed E-state index contributed by atoms with van der Waals surface area (Å²) in [4.78, 5) is 26.6. The van der Waals surface area contributed by atoms with Crippen LogP contribution in [0.4, 0.5) is 5.69 Å². The fraction of sp³-hybridized carbons (Fsp3) is 0.600. The van der Waals surface area contributed by atoms with Crippen molar-refractivity contribution in [2.45, 2.75) is 38.9 Å². The molecule has 1 aromatic rings. The van der Waals surface area contributed by atoms with E-state index in [1.54, 1.807) is 0 Å². The number of benzene rings is 1. The molecule has 26 heavy (non-hydrogen) atoms. The Kier molecular flexibility index (Phi) is 8.45. The van der Waals surface area contributed by atoms with Crippen LogP contribution in [0.3, 0.4) is 0 Å². The molecule has 1 unspecified atom stereocenters. The van der Waals surface area contributed by atoms with Gasteiger partial charge in [0.1, 0.15) is 0 Å². The topological polar surface area (TPSA) is 61.4 Å². The zero-order chi connectivity index (χ0) is 18.9. The van der Waals surface area contributed by atoms with Crippen LogP contribution in [-0.2, 0) is 9.59 Å². The highest BCUT2D eigenvalue weighted by Gasteiger charge is 2.26. The molecule has 2 amide bonds. The molecule has 1 aromatic carbocycles. The zero-order valence-corrected chi connectivity index (χ0v) is 16.9. The number of carbonyl (C=O) groups excluding carboxylic acids is 2. The molecule has 1 saturated heterocycles. The Morgan fingerprint density at radius 1 is 1.23 bits per heavy atom. The Bertz CT molecular complexity index is 583. The lowest BCUT2D eigenvalue weighted by Gasteiger charge is -2.33. The number of rotatable bonds is 8. The third-order valence-electron chi connectivity index (χ3n) is 4.76. The van der Waals surface area contributed by atoms with Crippen LogP contribution < -0.4 is 10.6 Å². The number of carbonyl (C=O) groups is 2. The van der Waals surface area contributed by atoms with Gasteiger partial charge in [0.2, 0.25) is 11.8 Å². The molecule has 1 aliphatic rings. The number of likely N-dealkylation sites (tertiary alicyclic amines) is 1. The highest BCUT2D eigenvalue weighted by molar-refractivity contribution is 8.01. The van der Waals surface area contributed by atoms with Crippen LogP contribution in [0.5, 0.6) is 0 Å². The molecule has 1 atom stereocenters. The first-order chi connectivity index (χ1) is 12.5. The van der Waals surface area contributed by atoms with Gasteiger partial charge < -0.3 is 15.5 Å². The standard InChI is InChI=1S/C20H31N3O2S/c1-4-21-13-17-9-11-23(12-10-17)20(25)16(3)26-14-19(24)22-18-7-5-15(2)6-8-18/h5-8,16-17,21H,4,9-14H2,1-3H3,(H,22,24). The van der Waals surface area contributed by atoms with Crippen molar-refractivity contribution >= 4 is 29.3 Å². The lowest BCUT2D eigenvalue weighted by molar-refractivity contribution is -0.131. The molecule has 6 heteroatoms. The lowest BCUT2D eigenvalue weighted by Crippen LogP contribution is -2.44. The molecule has 144 valence electrons. The van der Waals surface area contributed by atoms with E-state index in [9.17, 15) is 9.59 Å². The number of thioether (sulfide) groups is 1. The van der Waals surface area contributed by atoms with Crippen molar-refractivity contribution in [2.24, 2.45) is 5.92 Å². The predicted octanol–water partition coefficient (Wildman–Crippen LogP) is 2.90. The number of amides is 2.